The van der Waals surface area contributed by atoms with E-state index in [9.17, 15) is 8.42 Å². The summed E-state index contributed by atoms with van der Waals surface area (Å²) in [4.78, 5) is 7.66. The molecule has 0 amide bonds. The van der Waals surface area contributed by atoms with Gasteiger partial charge in [0.05, 0.1) is 6.26 Å². The number of sulfonamides is 1. The molecule has 1 rings (SSSR count). The van der Waals surface area contributed by atoms with E-state index >= 15 is 0 Å². The molecule has 0 radical (unpaired) electrons. The number of guanidine groups is 1. The SMILES string of the molecule is CN=C(NCCCNS(C)(=O)=O)N(C)CCc1cccs1. The second-order valence-electron chi connectivity index (χ2n) is 4.74. The topological polar surface area (TPSA) is 73.8 Å². The maximum atomic E-state index is 10.9. The minimum absolute atomic E-state index is 0.432. The van der Waals surface area contributed by atoms with Gasteiger partial charge in [0.2, 0.25) is 10.0 Å². The van der Waals surface area contributed by atoms with Gasteiger partial charge in [-0.15, -0.1) is 11.3 Å². The fraction of sp³-hybridized carbons (Fsp3) is 0.615. The van der Waals surface area contributed by atoms with Gasteiger partial charge in [-0.2, -0.15) is 0 Å². The summed E-state index contributed by atoms with van der Waals surface area (Å²) in [5.74, 6) is 0.825. The Labute approximate surface area is 131 Å². The first-order valence-corrected chi connectivity index (χ1v) is 9.58. The molecule has 1 heterocycles. The Bertz CT molecular complexity index is 526. The van der Waals surface area contributed by atoms with Crippen molar-refractivity contribution in [3.05, 3.63) is 22.4 Å². The number of aliphatic imine (C=N–C) groups is 1. The number of hydrogen-bond donors (Lipinski definition) is 2. The summed E-state index contributed by atoms with van der Waals surface area (Å²) in [6.45, 7) is 2.00. The van der Waals surface area contributed by atoms with Crippen LogP contribution in [0.2, 0.25) is 0 Å². The molecule has 0 saturated heterocycles. The van der Waals surface area contributed by atoms with Crippen LogP contribution >= 0.6 is 11.3 Å². The molecular weight excluding hydrogens is 308 g/mol. The van der Waals surface area contributed by atoms with Gasteiger partial charge >= 0.3 is 0 Å². The van der Waals surface area contributed by atoms with Crippen molar-refractivity contribution in [2.24, 2.45) is 4.99 Å². The van der Waals surface area contributed by atoms with Crippen molar-refractivity contribution in [1.29, 1.82) is 0 Å². The number of hydrogen-bond acceptors (Lipinski definition) is 4. The molecule has 0 bridgehead atoms. The molecule has 0 spiro atoms. The fourth-order valence-electron chi connectivity index (χ4n) is 1.77. The number of nitrogens with one attached hydrogen (secondary N) is 2. The van der Waals surface area contributed by atoms with Crippen LogP contribution in [-0.4, -0.2) is 59.3 Å². The van der Waals surface area contributed by atoms with Crippen molar-refractivity contribution in [3.63, 3.8) is 0 Å². The lowest BCUT2D eigenvalue weighted by Gasteiger charge is -2.21. The summed E-state index contributed by atoms with van der Waals surface area (Å²) in [7, 11) is 0.649. The Hall–Kier alpha value is -1.12. The second-order valence-corrected chi connectivity index (χ2v) is 7.61. The first kappa shape index (κ1) is 17.9. The minimum Gasteiger partial charge on any atom is -0.356 e. The largest absolute Gasteiger partial charge is 0.356 e. The van der Waals surface area contributed by atoms with Crippen LogP contribution in [-0.2, 0) is 16.4 Å². The normalized spacial score (nSPS) is 12.4. The van der Waals surface area contributed by atoms with Gasteiger partial charge in [0.1, 0.15) is 0 Å². The Kier molecular flexibility index (Phi) is 7.69. The zero-order valence-corrected chi connectivity index (χ0v) is 14.4. The highest BCUT2D eigenvalue weighted by molar-refractivity contribution is 7.88. The average molecular weight is 332 g/mol. The van der Waals surface area contributed by atoms with Crippen LogP contribution in [0.15, 0.2) is 22.5 Å². The van der Waals surface area contributed by atoms with Crippen LogP contribution in [0.1, 0.15) is 11.3 Å². The zero-order chi connectivity index (χ0) is 15.7. The van der Waals surface area contributed by atoms with Crippen molar-refractivity contribution in [2.75, 3.05) is 40.0 Å². The Morgan fingerprint density at radius 2 is 2.19 bits per heavy atom. The highest BCUT2D eigenvalue weighted by Crippen LogP contribution is 2.09. The Morgan fingerprint density at radius 3 is 2.76 bits per heavy atom. The zero-order valence-electron chi connectivity index (χ0n) is 12.8. The molecule has 21 heavy (non-hydrogen) atoms. The molecule has 1 aromatic rings. The molecule has 1 aromatic heterocycles. The lowest BCUT2D eigenvalue weighted by Crippen LogP contribution is -2.40. The lowest BCUT2D eigenvalue weighted by molar-refractivity contribution is 0.485. The predicted molar refractivity (Wildman–Crippen MR) is 89.5 cm³/mol. The van der Waals surface area contributed by atoms with Crippen molar-refractivity contribution in [3.8, 4) is 0 Å². The van der Waals surface area contributed by atoms with Gasteiger partial charge in [-0.1, -0.05) is 6.07 Å². The van der Waals surface area contributed by atoms with Crippen LogP contribution in [0.25, 0.3) is 0 Å². The van der Waals surface area contributed by atoms with E-state index in [2.05, 4.69) is 37.4 Å². The Balaban J connectivity index is 2.24. The number of thiophene rings is 1. The van der Waals surface area contributed by atoms with Gasteiger partial charge < -0.3 is 10.2 Å². The first-order valence-electron chi connectivity index (χ1n) is 6.81. The number of rotatable bonds is 8. The third-order valence-corrected chi connectivity index (χ3v) is 4.51. The van der Waals surface area contributed by atoms with Crippen molar-refractivity contribution in [2.45, 2.75) is 12.8 Å². The molecule has 2 N–H and O–H groups in total. The van der Waals surface area contributed by atoms with Gasteiger partial charge in [0, 0.05) is 38.6 Å². The molecule has 0 aromatic carbocycles. The van der Waals surface area contributed by atoms with E-state index in [4.69, 9.17) is 0 Å². The summed E-state index contributed by atoms with van der Waals surface area (Å²) >= 11 is 1.76. The number of likely N-dealkylation sites (N-methyl/N-ethyl adjacent to an activating group) is 1. The predicted octanol–water partition coefficient (Wildman–Crippen LogP) is 0.737. The first-order chi connectivity index (χ1) is 9.92. The summed E-state index contributed by atoms with van der Waals surface area (Å²) in [6.07, 6.45) is 2.87. The maximum absolute atomic E-state index is 10.9. The molecule has 8 heteroatoms. The second kappa shape index (κ2) is 9.01. The molecular formula is C13H24N4O2S2. The minimum atomic E-state index is -3.10. The van der Waals surface area contributed by atoms with Crippen molar-refractivity contribution < 1.29 is 8.42 Å². The van der Waals surface area contributed by atoms with E-state index in [1.807, 2.05) is 7.05 Å². The van der Waals surface area contributed by atoms with E-state index in [0.717, 1.165) is 25.2 Å². The monoisotopic (exact) mass is 332 g/mol. The molecule has 0 aliphatic carbocycles. The smallest absolute Gasteiger partial charge is 0.208 e. The average Bonchev–Trinajstić information content (AvgIpc) is 2.92. The summed E-state index contributed by atoms with van der Waals surface area (Å²) in [5.41, 5.74) is 0. The molecule has 0 fully saturated rings. The third kappa shape index (κ3) is 8.03. The van der Waals surface area contributed by atoms with Gasteiger partial charge in [-0.3, -0.25) is 4.99 Å². The van der Waals surface area contributed by atoms with Crippen LogP contribution in [0.5, 0.6) is 0 Å². The van der Waals surface area contributed by atoms with E-state index in [1.54, 1.807) is 18.4 Å². The van der Waals surface area contributed by atoms with E-state index in [1.165, 1.54) is 4.88 Å². The fourth-order valence-corrected chi connectivity index (χ4v) is 2.98. The highest BCUT2D eigenvalue weighted by Gasteiger charge is 2.06. The van der Waals surface area contributed by atoms with Crippen LogP contribution < -0.4 is 10.0 Å². The van der Waals surface area contributed by atoms with Crippen LogP contribution in [0, 0.1) is 0 Å². The van der Waals surface area contributed by atoms with Gasteiger partial charge in [-0.25, -0.2) is 13.1 Å². The molecule has 0 aliphatic heterocycles. The molecule has 0 atom stereocenters. The quantitative estimate of drug-likeness (QED) is 0.418. The lowest BCUT2D eigenvalue weighted by atomic mass is 10.3. The summed E-state index contributed by atoms with van der Waals surface area (Å²) in [5, 5.41) is 5.31. The number of nitrogens with zero attached hydrogens (tertiary/aromatic N) is 2. The molecule has 0 unspecified atom stereocenters. The third-order valence-electron chi connectivity index (χ3n) is 2.85. The molecule has 120 valence electrons. The molecule has 0 aliphatic rings. The van der Waals surface area contributed by atoms with Gasteiger partial charge in [0.25, 0.3) is 0 Å². The van der Waals surface area contributed by atoms with Crippen LogP contribution in [0.4, 0.5) is 0 Å². The van der Waals surface area contributed by atoms with E-state index < -0.39 is 10.0 Å². The standard InChI is InChI=1S/C13H24N4O2S2/c1-14-13(15-8-5-9-16-21(3,18)19)17(2)10-7-12-6-4-11-20-12/h4,6,11,16H,5,7-10H2,1-3H3,(H,14,15). The Morgan fingerprint density at radius 1 is 1.43 bits per heavy atom. The molecule has 0 saturated carbocycles. The van der Waals surface area contributed by atoms with Crippen molar-refractivity contribution in [1.82, 2.24) is 14.9 Å². The van der Waals surface area contributed by atoms with Crippen molar-refractivity contribution >= 4 is 27.3 Å². The van der Waals surface area contributed by atoms with E-state index in [-0.39, 0.29) is 0 Å². The summed E-state index contributed by atoms with van der Waals surface area (Å²) in [6, 6.07) is 4.19. The van der Waals surface area contributed by atoms with Gasteiger partial charge in [0.15, 0.2) is 5.96 Å². The summed E-state index contributed by atoms with van der Waals surface area (Å²) < 4.78 is 24.3. The van der Waals surface area contributed by atoms with Crippen LogP contribution in [0.3, 0.4) is 0 Å². The maximum Gasteiger partial charge on any atom is 0.208 e. The van der Waals surface area contributed by atoms with Gasteiger partial charge in [-0.05, 0) is 24.3 Å². The molecule has 6 nitrogen and oxygen atoms in total. The van der Waals surface area contributed by atoms with E-state index in [0.29, 0.717) is 19.5 Å². The highest BCUT2D eigenvalue weighted by atomic mass is 32.2.